The van der Waals surface area contributed by atoms with Gasteiger partial charge in [0, 0.05) is 16.4 Å². The second kappa shape index (κ2) is 10.6. The molecule has 34 heavy (non-hydrogen) atoms. The fourth-order valence-electron chi connectivity index (χ4n) is 3.85. The number of esters is 1. The molecule has 1 aliphatic rings. The molecule has 0 unspecified atom stereocenters. The zero-order valence-corrected chi connectivity index (χ0v) is 21.1. The zero-order valence-electron chi connectivity index (χ0n) is 18.7. The molecule has 2 aromatic heterocycles. The number of halogens is 1. The van der Waals surface area contributed by atoms with Crippen molar-refractivity contribution in [1.82, 2.24) is 14.8 Å². The van der Waals surface area contributed by atoms with Gasteiger partial charge in [-0.25, -0.2) is 4.79 Å². The van der Waals surface area contributed by atoms with Crippen LogP contribution in [0.5, 0.6) is 5.75 Å². The van der Waals surface area contributed by atoms with Crippen molar-refractivity contribution < 1.29 is 19.1 Å². The number of fused-ring (bicyclic) bond motifs is 1. The molecule has 0 spiro atoms. The monoisotopic (exact) mass is 518 g/mol. The van der Waals surface area contributed by atoms with Gasteiger partial charge in [0.1, 0.15) is 10.8 Å². The number of carbonyl (C=O) groups excluding carboxylic acids is 2. The maximum Gasteiger partial charge on any atom is 0.341 e. The zero-order chi connectivity index (χ0) is 24.2. The molecule has 11 heteroatoms. The number of nitrogens with zero attached hydrogens (tertiary/aromatic N) is 3. The number of methoxy groups -OCH3 is 2. The lowest BCUT2D eigenvalue weighted by Crippen LogP contribution is -2.16. The first-order chi connectivity index (χ1) is 16.5. The Morgan fingerprint density at radius 3 is 2.88 bits per heavy atom. The fourth-order valence-corrected chi connectivity index (χ4v) is 6.06. The summed E-state index contributed by atoms with van der Waals surface area (Å²) in [5.74, 6) is 0.589. The molecule has 0 atom stereocenters. The molecule has 178 valence electrons. The number of thiophene rings is 1. The van der Waals surface area contributed by atoms with E-state index in [-0.39, 0.29) is 11.7 Å². The largest absolute Gasteiger partial charge is 0.496 e. The van der Waals surface area contributed by atoms with Gasteiger partial charge >= 0.3 is 5.97 Å². The Labute approximate surface area is 210 Å². The minimum atomic E-state index is -0.423. The number of thioether (sulfide) groups is 1. The van der Waals surface area contributed by atoms with Gasteiger partial charge in [-0.05, 0) is 43.0 Å². The molecule has 2 heterocycles. The molecule has 0 saturated heterocycles. The molecule has 0 bridgehead atoms. The summed E-state index contributed by atoms with van der Waals surface area (Å²) in [6.07, 6.45) is 4.47. The van der Waals surface area contributed by atoms with E-state index in [9.17, 15) is 9.59 Å². The Morgan fingerprint density at radius 2 is 2.15 bits per heavy atom. The van der Waals surface area contributed by atoms with E-state index in [2.05, 4.69) is 22.1 Å². The predicted octanol–water partition coefficient (Wildman–Crippen LogP) is 4.86. The second-order valence-electron chi connectivity index (χ2n) is 7.44. The molecular formula is C23H23ClN4O4S2. The van der Waals surface area contributed by atoms with E-state index in [0.717, 1.165) is 29.7 Å². The number of hydrogen-bond donors (Lipinski definition) is 1. The quantitative estimate of drug-likeness (QED) is 0.245. The highest BCUT2D eigenvalue weighted by Gasteiger charge is 2.28. The Hall–Kier alpha value is -2.82. The molecule has 1 aromatic carbocycles. The molecule has 0 fully saturated rings. The van der Waals surface area contributed by atoms with E-state index >= 15 is 0 Å². The van der Waals surface area contributed by atoms with Gasteiger partial charge in [-0.2, -0.15) is 0 Å². The standard InChI is InChI=1S/C23H23ClN4O4S2/c1-4-10-28-20(15-11-13(24)8-9-16(15)31-2)26-27-23(28)33-12-18(29)25-21-19(22(30)32-3)14-6-5-7-17(14)34-21/h4,8-9,11H,1,5-7,10,12H2,2-3H3,(H,25,29). The van der Waals surface area contributed by atoms with E-state index in [4.69, 9.17) is 21.1 Å². The van der Waals surface area contributed by atoms with Crippen LogP contribution >= 0.6 is 34.7 Å². The Morgan fingerprint density at radius 1 is 1.32 bits per heavy atom. The molecule has 0 aliphatic heterocycles. The van der Waals surface area contributed by atoms with Crippen molar-refractivity contribution in [3.05, 3.63) is 51.9 Å². The normalized spacial score (nSPS) is 12.3. The first kappa shape index (κ1) is 24.3. The van der Waals surface area contributed by atoms with Crippen LogP contribution in [0.4, 0.5) is 5.00 Å². The topological polar surface area (TPSA) is 95.3 Å². The average molecular weight is 519 g/mol. The molecule has 0 radical (unpaired) electrons. The van der Waals surface area contributed by atoms with Crippen LogP contribution in [0.15, 0.2) is 36.0 Å². The highest BCUT2D eigenvalue weighted by atomic mass is 35.5. The number of carbonyl (C=O) groups is 2. The summed E-state index contributed by atoms with van der Waals surface area (Å²) < 4.78 is 12.2. The van der Waals surface area contributed by atoms with Crippen molar-refractivity contribution in [3.8, 4) is 17.1 Å². The van der Waals surface area contributed by atoms with Crippen molar-refractivity contribution in [1.29, 1.82) is 0 Å². The van der Waals surface area contributed by atoms with Crippen molar-refractivity contribution in [2.24, 2.45) is 0 Å². The summed E-state index contributed by atoms with van der Waals surface area (Å²) >= 11 is 8.88. The molecule has 8 nitrogen and oxygen atoms in total. The maximum atomic E-state index is 12.8. The third-order valence-corrected chi connectivity index (χ3v) is 7.74. The Bertz CT molecular complexity index is 1250. The minimum Gasteiger partial charge on any atom is -0.496 e. The number of rotatable bonds is 9. The Kier molecular flexibility index (Phi) is 7.60. The molecule has 0 saturated carbocycles. The highest BCUT2D eigenvalue weighted by Crippen LogP contribution is 2.39. The van der Waals surface area contributed by atoms with Gasteiger partial charge in [0.2, 0.25) is 5.91 Å². The summed E-state index contributed by atoms with van der Waals surface area (Å²) in [6.45, 7) is 4.25. The third-order valence-electron chi connectivity index (χ3n) is 5.33. The highest BCUT2D eigenvalue weighted by molar-refractivity contribution is 7.99. The molecule has 3 aromatic rings. The number of anilines is 1. The molecular weight excluding hydrogens is 496 g/mol. The van der Waals surface area contributed by atoms with E-state index < -0.39 is 5.97 Å². The van der Waals surface area contributed by atoms with Gasteiger partial charge in [-0.1, -0.05) is 29.4 Å². The Balaban J connectivity index is 1.53. The van der Waals surface area contributed by atoms with Crippen molar-refractivity contribution in [2.75, 3.05) is 25.3 Å². The molecule has 1 aliphatic carbocycles. The number of nitrogens with one attached hydrogen (secondary N) is 1. The van der Waals surface area contributed by atoms with Gasteiger partial charge in [0.15, 0.2) is 11.0 Å². The lowest BCUT2D eigenvalue weighted by molar-refractivity contribution is -0.113. The van der Waals surface area contributed by atoms with Gasteiger partial charge in [0.25, 0.3) is 0 Å². The molecule has 1 amide bonds. The maximum absolute atomic E-state index is 12.8. The van der Waals surface area contributed by atoms with Crippen LogP contribution in [0.2, 0.25) is 5.02 Å². The van der Waals surface area contributed by atoms with Crippen molar-refractivity contribution in [2.45, 2.75) is 31.0 Å². The van der Waals surface area contributed by atoms with Crippen LogP contribution in [-0.2, 0) is 28.9 Å². The lowest BCUT2D eigenvalue weighted by atomic mass is 10.1. The second-order valence-corrected chi connectivity index (χ2v) is 9.92. The van der Waals surface area contributed by atoms with Gasteiger partial charge in [0.05, 0.1) is 31.1 Å². The number of hydrogen-bond acceptors (Lipinski definition) is 8. The lowest BCUT2D eigenvalue weighted by Gasteiger charge is -2.11. The van der Waals surface area contributed by atoms with Gasteiger partial charge in [-0.15, -0.1) is 28.1 Å². The number of amides is 1. The number of allylic oxidation sites excluding steroid dienone is 1. The van der Waals surface area contributed by atoms with Crippen LogP contribution < -0.4 is 10.1 Å². The smallest absolute Gasteiger partial charge is 0.341 e. The number of aromatic nitrogens is 3. The minimum absolute atomic E-state index is 0.0884. The van der Waals surface area contributed by atoms with Gasteiger partial charge < -0.3 is 14.8 Å². The summed E-state index contributed by atoms with van der Waals surface area (Å²) in [7, 11) is 2.92. The SMILES string of the molecule is C=CCn1c(SCC(=O)Nc2sc3c(c2C(=O)OC)CCC3)nnc1-c1cc(Cl)ccc1OC. The summed E-state index contributed by atoms with van der Waals surface area (Å²) in [5.41, 5.74) is 2.16. The number of aryl methyl sites for hydroxylation is 1. The van der Waals surface area contributed by atoms with E-state index in [0.29, 0.717) is 44.4 Å². The van der Waals surface area contributed by atoms with Gasteiger partial charge in [-0.3, -0.25) is 9.36 Å². The number of ether oxygens (including phenoxy) is 2. The van der Waals surface area contributed by atoms with Crippen molar-refractivity contribution in [3.63, 3.8) is 0 Å². The molecule has 1 N–H and O–H groups in total. The van der Waals surface area contributed by atoms with Crippen LogP contribution in [0.25, 0.3) is 11.4 Å². The van der Waals surface area contributed by atoms with E-state index in [1.54, 1.807) is 31.4 Å². The van der Waals surface area contributed by atoms with Crippen LogP contribution in [0.3, 0.4) is 0 Å². The van der Waals surface area contributed by atoms with Crippen LogP contribution in [0, 0.1) is 0 Å². The van der Waals surface area contributed by atoms with Crippen LogP contribution in [0.1, 0.15) is 27.2 Å². The fraction of sp³-hybridized carbons (Fsp3) is 0.304. The molecule has 4 rings (SSSR count). The number of benzene rings is 1. The average Bonchev–Trinajstić information content (AvgIpc) is 3.52. The first-order valence-corrected chi connectivity index (χ1v) is 12.7. The summed E-state index contributed by atoms with van der Waals surface area (Å²) in [4.78, 5) is 26.2. The predicted molar refractivity (Wildman–Crippen MR) is 134 cm³/mol. The van der Waals surface area contributed by atoms with Crippen LogP contribution in [-0.4, -0.2) is 46.6 Å². The third kappa shape index (κ3) is 4.84. The van der Waals surface area contributed by atoms with E-state index in [1.165, 1.54) is 30.2 Å². The summed E-state index contributed by atoms with van der Waals surface area (Å²) in [6, 6.07) is 5.26. The summed E-state index contributed by atoms with van der Waals surface area (Å²) in [5, 5.41) is 13.1. The van der Waals surface area contributed by atoms with E-state index in [1.807, 2.05) is 4.57 Å². The first-order valence-electron chi connectivity index (χ1n) is 10.5. The van der Waals surface area contributed by atoms with Crippen molar-refractivity contribution >= 4 is 51.6 Å².